The molecule has 1 aromatic heterocycles. The smallest absolute Gasteiger partial charge is 0.132 e. The molecule has 2 aliphatic carbocycles. The predicted molar refractivity (Wildman–Crippen MR) is 66.0 cm³/mol. The molecule has 0 atom stereocenters. The molecule has 0 bridgehead atoms. The average molecular weight is 232 g/mol. The minimum atomic E-state index is 0.420. The normalized spacial score (nSPS) is 23.4. The zero-order chi connectivity index (χ0) is 11.7. The molecular formula is C14H20N2O. The number of H-pyrrole nitrogens is 1. The van der Waals surface area contributed by atoms with E-state index in [-0.39, 0.29) is 0 Å². The molecule has 0 saturated heterocycles. The molecule has 2 fully saturated rings. The van der Waals surface area contributed by atoms with Gasteiger partial charge in [-0.2, -0.15) is 0 Å². The molecule has 3 nitrogen and oxygen atoms in total. The molecule has 92 valence electrons. The minimum absolute atomic E-state index is 0.420. The lowest BCUT2D eigenvalue weighted by Gasteiger charge is -2.18. The van der Waals surface area contributed by atoms with Crippen LogP contribution in [0.1, 0.15) is 74.7 Å². The minimum Gasteiger partial charge on any atom is -0.345 e. The molecule has 0 aromatic carbocycles. The monoisotopic (exact) mass is 232 g/mol. The molecule has 0 aliphatic heterocycles. The lowest BCUT2D eigenvalue weighted by atomic mass is 9.88. The number of rotatable bonds is 2. The van der Waals surface area contributed by atoms with E-state index in [9.17, 15) is 4.79 Å². The third-order valence-corrected chi connectivity index (χ3v) is 4.34. The van der Waals surface area contributed by atoms with Gasteiger partial charge in [0.05, 0.1) is 0 Å². The van der Waals surface area contributed by atoms with Gasteiger partial charge < -0.3 is 4.98 Å². The number of aromatic nitrogens is 2. The Bertz CT molecular complexity index is 394. The maximum atomic E-state index is 11.2. The number of imidazole rings is 1. The lowest BCUT2D eigenvalue weighted by Crippen LogP contribution is -2.13. The summed E-state index contributed by atoms with van der Waals surface area (Å²) in [6, 6.07) is 0. The first kappa shape index (κ1) is 11.0. The van der Waals surface area contributed by atoms with Gasteiger partial charge in [-0.1, -0.05) is 12.8 Å². The Kier molecular flexibility index (Phi) is 3.00. The highest BCUT2D eigenvalue weighted by Gasteiger charge is 2.24. The number of carbonyl (C=O) groups excluding carboxylic acids is 1. The third-order valence-electron chi connectivity index (χ3n) is 4.34. The SMILES string of the molecule is O=C1CCC(c2ncc(C3CCCC3)[nH]2)CC1. The second-order valence-electron chi connectivity index (χ2n) is 5.52. The van der Waals surface area contributed by atoms with Crippen molar-refractivity contribution in [3.8, 4) is 0 Å². The van der Waals surface area contributed by atoms with E-state index in [4.69, 9.17) is 0 Å². The third kappa shape index (κ3) is 2.28. The van der Waals surface area contributed by atoms with Gasteiger partial charge in [-0.25, -0.2) is 4.98 Å². The van der Waals surface area contributed by atoms with Crippen molar-refractivity contribution in [2.75, 3.05) is 0 Å². The van der Waals surface area contributed by atoms with E-state index in [0.29, 0.717) is 17.6 Å². The summed E-state index contributed by atoms with van der Waals surface area (Å²) < 4.78 is 0. The van der Waals surface area contributed by atoms with Crippen molar-refractivity contribution in [2.45, 2.75) is 63.2 Å². The van der Waals surface area contributed by atoms with Crippen molar-refractivity contribution in [2.24, 2.45) is 0 Å². The van der Waals surface area contributed by atoms with Crippen LogP contribution >= 0.6 is 0 Å². The van der Waals surface area contributed by atoms with Crippen molar-refractivity contribution >= 4 is 5.78 Å². The molecule has 0 unspecified atom stereocenters. The van der Waals surface area contributed by atoms with Crippen LogP contribution < -0.4 is 0 Å². The average Bonchev–Trinajstić information content (AvgIpc) is 3.00. The van der Waals surface area contributed by atoms with Crippen LogP contribution in [0.5, 0.6) is 0 Å². The summed E-state index contributed by atoms with van der Waals surface area (Å²) in [6.07, 6.45) is 10.8. The molecule has 3 heteroatoms. The molecule has 0 radical (unpaired) electrons. The maximum Gasteiger partial charge on any atom is 0.132 e. The molecule has 2 aliphatic rings. The summed E-state index contributed by atoms with van der Waals surface area (Å²) in [5.41, 5.74) is 1.33. The van der Waals surface area contributed by atoms with Crippen molar-refractivity contribution < 1.29 is 4.79 Å². The van der Waals surface area contributed by atoms with Crippen molar-refractivity contribution in [3.05, 3.63) is 17.7 Å². The summed E-state index contributed by atoms with van der Waals surface area (Å²) in [4.78, 5) is 19.3. The molecule has 17 heavy (non-hydrogen) atoms. The first-order valence-electron chi connectivity index (χ1n) is 6.89. The Morgan fingerprint density at radius 3 is 2.47 bits per heavy atom. The lowest BCUT2D eigenvalue weighted by molar-refractivity contribution is -0.120. The fourth-order valence-electron chi connectivity index (χ4n) is 3.22. The van der Waals surface area contributed by atoms with Crippen molar-refractivity contribution in [3.63, 3.8) is 0 Å². The zero-order valence-electron chi connectivity index (χ0n) is 10.2. The van der Waals surface area contributed by atoms with E-state index in [0.717, 1.165) is 31.5 Å². The fourth-order valence-corrected chi connectivity index (χ4v) is 3.22. The molecule has 0 amide bonds. The summed E-state index contributed by atoms with van der Waals surface area (Å²) >= 11 is 0. The van der Waals surface area contributed by atoms with Crippen molar-refractivity contribution in [1.82, 2.24) is 9.97 Å². The van der Waals surface area contributed by atoms with Gasteiger partial charge in [0.25, 0.3) is 0 Å². The second kappa shape index (κ2) is 4.63. The van der Waals surface area contributed by atoms with Gasteiger partial charge in [0, 0.05) is 36.6 Å². The van der Waals surface area contributed by atoms with Gasteiger partial charge in [0.2, 0.25) is 0 Å². The number of hydrogen-bond donors (Lipinski definition) is 1. The Morgan fingerprint density at radius 2 is 1.76 bits per heavy atom. The quantitative estimate of drug-likeness (QED) is 0.850. The first-order chi connectivity index (χ1) is 8.33. The summed E-state index contributed by atoms with van der Waals surface area (Å²) in [5.74, 6) is 2.74. The van der Waals surface area contributed by atoms with Gasteiger partial charge in [-0.3, -0.25) is 4.79 Å². The Hall–Kier alpha value is -1.12. The number of ketones is 1. The van der Waals surface area contributed by atoms with Crippen LogP contribution in [0.2, 0.25) is 0 Å². The largest absolute Gasteiger partial charge is 0.345 e. The van der Waals surface area contributed by atoms with Gasteiger partial charge in [-0.15, -0.1) is 0 Å². The highest BCUT2D eigenvalue weighted by atomic mass is 16.1. The molecule has 0 spiro atoms. The van der Waals surface area contributed by atoms with Gasteiger partial charge in [0.1, 0.15) is 11.6 Å². The van der Waals surface area contributed by atoms with E-state index in [1.807, 2.05) is 6.20 Å². The van der Waals surface area contributed by atoms with E-state index >= 15 is 0 Å². The second-order valence-corrected chi connectivity index (χ2v) is 5.52. The zero-order valence-corrected chi connectivity index (χ0v) is 10.2. The molecular weight excluding hydrogens is 212 g/mol. The molecule has 1 aromatic rings. The topological polar surface area (TPSA) is 45.8 Å². The van der Waals surface area contributed by atoms with Gasteiger partial charge in [-0.05, 0) is 25.7 Å². The number of nitrogens with one attached hydrogen (secondary N) is 1. The maximum absolute atomic E-state index is 11.2. The molecule has 1 heterocycles. The van der Waals surface area contributed by atoms with Crippen molar-refractivity contribution in [1.29, 1.82) is 0 Å². The Balaban J connectivity index is 1.69. The number of carbonyl (C=O) groups is 1. The van der Waals surface area contributed by atoms with Crippen LogP contribution in [0.4, 0.5) is 0 Å². The number of Topliss-reactive ketones (excluding diaryl/α,β-unsaturated/α-hetero) is 1. The van der Waals surface area contributed by atoms with E-state index < -0.39 is 0 Å². The molecule has 2 saturated carbocycles. The summed E-state index contributed by atoms with van der Waals surface area (Å²) in [6.45, 7) is 0. The Morgan fingerprint density at radius 1 is 1.06 bits per heavy atom. The Labute approximate surface area is 102 Å². The van der Waals surface area contributed by atoms with Crippen LogP contribution in [0.3, 0.4) is 0 Å². The van der Waals surface area contributed by atoms with E-state index in [1.54, 1.807) is 0 Å². The predicted octanol–water partition coefficient (Wildman–Crippen LogP) is 3.29. The van der Waals surface area contributed by atoms with Gasteiger partial charge >= 0.3 is 0 Å². The van der Waals surface area contributed by atoms with E-state index in [2.05, 4.69) is 9.97 Å². The number of aromatic amines is 1. The van der Waals surface area contributed by atoms with E-state index in [1.165, 1.54) is 31.4 Å². The summed E-state index contributed by atoms with van der Waals surface area (Å²) in [7, 11) is 0. The first-order valence-corrected chi connectivity index (χ1v) is 6.89. The van der Waals surface area contributed by atoms with Crippen LogP contribution in [0, 0.1) is 0 Å². The number of hydrogen-bond acceptors (Lipinski definition) is 2. The highest BCUT2D eigenvalue weighted by Crippen LogP contribution is 2.35. The molecule has 1 N–H and O–H groups in total. The van der Waals surface area contributed by atoms with Crippen LogP contribution in [-0.4, -0.2) is 15.8 Å². The highest BCUT2D eigenvalue weighted by molar-refractivity contribution is 5.79. The molecule has 3 rings (SSSR count). The fraction of sp³-hybridized carbons (Fsp3) is 0.714. The standard InChI is InChI=1S/C14H20N2O/c17-12-7-5-11(6-8-12)14-15-9-13(16-14)10-3-1-2-4-10/h9-11H,1-8H2,(H,15,16). The number of nitrogens with zero attached hydrogens (tertiary/aromatic N) is 1. The van der Waals surface area contributed by atoms with Gasteiger partial charge in [0.15, 0.2) is 0 Å². The summed E-state index contributed by atoms with van der Waals surface area (Å²) in [5, 5.41) is 0. The van der Waals surface area contributed by atoms with Crippen LogP contribution in [0.25, 0.3) is 0 Å². The van der Waals surface area contributed by atoms with Crippen LogP contribution in [-0.2, 0) is 4.79 Å². The van der Waals surface area contributed by atoms with Crippen LogP contribution in [0.15, 0.2) is 6.20 Å².